The molecule has 1 aromatic heterocycles. The highest BCUT2D eigenvalue weighted by atomic mass is 16.1. The normalized spacial score (nSPS) is 12.7. The second-order valence-electron chi connectivity index (χ2n) is 4.07. The third-order valence-electron chi connectivity index (χ3n) is 2.52. The number of aryl methyl sites for hydroxylation is 1. The molecule has 1 heterocycles. The van der Waals surface area contributed by atoms with Crippen LogP contribution in [0.15, 0.2) is 23.1 Å². The van der Waals surface area contributed by atoms with Crippen molar-refractivity contribution in [3.8, 4) is 0 Å². The summed E-state index contributed by atoms with van der Waals surface area (Å²) < 4.78 is 1.57. The number of nitrogens with one attached hydrogen (secondary N) is 2. The monoisotopic (exact) mass is 223 g/mol. The van der Waals surface area contributed by atoms with Crippen molar-refractivity contribution in [3.63, 3.8) is 0 Å². The van der Waals surface area contributed by atoms with Crippen molar-refractivity contribution < 1.29 is 0 Å². The van der Waals surface area contributed by atoms with Crippen molar-refractivity contribution in [2.24, 2.45) is 7.05 Å². The van der Waals surface area contributed by atoms with Gasteiger partial charge in [0.2, 0.25) is 0 Å². The number of aromatic nitrogens is 1. The number of rotatable bonds is 6. The van der Waals surface area contributed by atoms with Gasteiger partial charge < -0.3 is 15.2 Å². The molecule has 0 saturated heterocycles. The number of likely N-dealkylation sites (N-methyl/N-ethyl adjacent to an activating group) is 1. The largest absolute Gasteiger partial charge is 0.319 e. The molecule has 4 nitrogen and oxygen atoms in total. The van der Waals surface area contributed by atoms with Crippen molar-refractivity contribution in [1.29, 1.82) is 0 Å². The van der Waals surface area contributed by atoms with Gasteiger partial charge in [0.1, 0.15) is 0 Å². The highest BCUT2D eigenvalue weighted by Gasteiger charge is 2.01. The minimum atomic E-state index is 0.0404. The van der Waals surface area contributed by atoms with Crippen LogP contribution in [0.1, 0.15) is 19.4 Å². The zero-order valence-corrected chi connectivity index (χ0v) is 10.3. The van der Waals surface area contributed by atoms with E-state index in [1.54, 1.807) is 23.9 Å². The van der Waals surface area contributed by atoms with E-state index in [0.717, 1.165) is 25.2 Å². The minimum absolute atomic E-state index is 0.0404. The Kier molecular flexibility index (Phi) is 5.22. The average Bonchev–Trinajstić information content (AvgIpc) is 2.28. The molecule has 16 heavy (non-hydrogen) atoms. The lowest BCUT2D eigenvalue weighted by Gasteiger charge is -2.14. The van der Waals surface area contributed by atoms with E-state index in [-0.39, 0.29) is 5.56 Å². The summed E-state index contributed by atoms with van der Waals surface area (Å²) >= 11 is 0. The molecule has 90 valence electrons. The molecule has 0 saturated carbocycles. The standard InChI is InChI=1S/C12H21N3O/c1-4-13-8-10(2)14-9-11-5-6-15(3)12(16)7-11/h5-7,10,13-14H,4,8-9H2,1-3H3. The fourth-order valence-corrected chi connectivity index (χ4v) is 1.42. The summed E-state index contributed by atoms with van der Waals surface area (Å²) in [5.74, 6) is 0. The number of pyridine rings is 1. The van der Waals surface area contributed by atoms with Gasteiger partial charge in [0, 0.05) is 38.4 Å². The molecule has 1 aromatic rings. The van der Waals surface area contributed by atoms with Crippen LogP contribution in [-0.2, 0) is 13.6 Å². The zero-order chi connectivity index (χ0) is 12.0. The number of hydrogen-bond donors (Lipinski definition) is 2. The van der Waals surface area contributed by atoms with Crippen molar-refractivity contribution in [2.45, 2.75) is 26.4 Å². The molecule has 1 rings (SSSR count). The van der Waals surface area contributed by atoms with Crippen LogP contribution in [0.4, 0.5) is 0 Å². The summed E-state index contributed by atoms with van der Waals surface area (Å²) in [6, 6.07) is 4.05. The van der Waals surface area contributed by atoms with Crippen LogP contribution in [0, 0.1) is 0 Å². The quantitative estimate of drug-likeness (QED) is 0.737. The predicted octanol–water partition coefficient (Wildman–Crippen LogP) is 0.473. The molecule has 0 fully saturated rings. The molecule has 0 aliphatic rings. The molecular weight excluding hydrogens is 202 g/mol. The van der Waals surface area contributed by atoms with Crippen molar-refractivity contribution in [1.82, 2.24) is 15.2 Å². The summed E-state index contributed by atoms with van der Waals surface area (Å²) in [6.07, 6.45) is 1.80. The first-order valence-corrected chi connectivity index (χ1v) is 5.73. The molecule has 0 aromatic carbocycles. The van der Waals surface area contributed by atoms with Crippen molar-refractivity contribution in [2.75, 3.05) is 13.1 Å². The van der Waals surface area contributed by atoms with Crippen LogP contribution < -0.4 is 16.2 Å². The highest BCUT2D eigenvalue weighted by Crippen LogP contribution is 1.94. The summed E-state index contributed by atoms with van der Waals surface area (Å²) in [5, 5.41) is 6.65. The predicted molar refractivity (Wildman–Crippen MR) is 66.5 cm³/mol. The molecule has 2 N–H and O–H groups in total. The Morgan fingerprint density at radius 2 is 2.25 bits per heavy atom. The summed E-state index contributed by atoms with van der Waals surface area (Å²) in [4.78, 5) is 11.4. The van der Waals surface area contributed by atoms with Crippen molar-refractivity contribution in [3.05, 3.63) is 34.2 Å². The van der Waals surface area contributed by atoms with Gasteiger partial charge in [-0.1, -0.05) is 6.92 Å². The molecule has 0 aliphatic heterocycles. The van der Waals surface area contributed by atoms with Gasteiger partial charge in [-0.05, 0) is 25.1 Å². The van der Waals surface area contributed by atoms with Gasteiger partial charge in [0.25, 0.3) is 5.56 Å². The topological polar surface area (TPSA) is 46.1 Å². The smallest absolute Gasteiger partial charge is 0.250 e. The summed E-state index contributed by atoms with van der Waals surface area (Å²) in [7, 11) is 1.76. The van der Waals surface area contributed by atoms with Crippen molar-refractivity contribution >= 4 is 0 Å². The first-order chi connectivity index (χ1) is 7.63. The van der Waals surface area contributed by atoms with E-state index >= 15 is 0 Å². The van der Waals surface area contributed by atoms with Gasteiger partial charge >= 0.3 is 0 Å². The number of nitrogens with zero attached hydrogens (tertiary/aromatic N) is 1. The molecule has 1 atom stereocenters. The molecular formula is C12H21N3O. The Balaban J connectivity index is 2.42. The van der Waals surface area contributed by atoms with Gasteiger partial charge in [-0.25, -0.2) is 0 Å². The molecule has 4 heteroatoms. The Morgan fingerprint density at radius 3 is 2.88 bits per heavy atom. The van der Waals surface area contributed by atoms with Gasteiger partial charge in [0.15, 0.2) is 0 Å². The maximum Gasteiger partial charge on any atom is 0.250 e. The maximum absolute atomic E-state index is 11.4. The van der Waals surface area contributed by atoms with E-state index in [4.69, 9.17) is 0 Å². The Bertz CT molecular complexity index is 373. The van der Waals surface area contributed by atoms with Crippen LogP contribution in [0.3, 0.4) is 0 Å². The van der Waals surface area contributed by atoms with E-state index < -0.39 is 0 Å². The van der Waals surface area contributed by atoms with Gasteiger partial charge in [-0.2, -0.15) is 0 Å². The molecule has 1 unspecified atom stereocenters. The highest BCUT2D eigenvalue weighted by molar-refractivity contribution is 5.10. The maximum atomic E-state index is 11.4. The fraction of sp³-hybridized carbons (Fsp3) is 0.583. The third kappa shape index (κ3) is 4.16. The zero-order valence-electron chi connectivity index (χ0n) is 10.3. The lowest BCUT2D eigenvalue weighted by atomic mass is 10.2. The van der Waals surface area contributed by atoms with Gasteiger partial charge in [-0.15, -0.1) is 0 Å². The van der Waals surface area contributed by atoms with Gasteiger partial charge in [-0.3, -0.25) is 4.79 Å². The lowest BCUT2D eigenvalue weighted by molar-refractivity contribution is 0.508. The third-order valence-corrected chi connectivity index (χ3v) is 2.52. The first kappa shape index (κ1) is 12.9. The van der Waals surface area contributed by atoms with Crippen LogP contribution in [0.25, 0.3) is 0 Å². The van der Waals surface area contributed by atoms with E-state index in [0.29, 0.717) is 6.04 Å². The minimum Gasteiger partial charge on any atom is -0.319 e. The van der Waals surface area contributed by atoms with E-state index in [1.807, 2.05) is 6.07 Å². The van der Waals surface area contributed by atoms with E-state index in [9.17, 15) is 4.79 Å². The van der Waals surface area contributed by atoms with Crippen LogP contribution >= 0.6 is 0 Å². The summed E-state index contributed by atoms with van der Waals surface area (Å²) in [6.45, 7) is 6.89. The Hall–Kier alpha value is -1.13. The van der Waals surface area contributed by atoms with Crippen LogP contribution in [-0.4, -0.2) is 23.7 Å². The first-order valence-electron chi connectivity index (χ1n) is 5.73. The van der Waals surface area contributed by atoms with E-state index in [1.165, 1.54) is 0 Å². The summed E-state index contributed by atoms with van der Waals surface area (Å²) in [5.41, 5.74) is 1.07. The Morgan fingerprint density at radius 1 is 1.50 bits per heavy atom. The van der Waals surface area contributed by atoms with Gasteiger partial charge in [0.05, 0.1) is 0 Å². The number of hydrogen-bond acceptors (Lipinski definition) is 3. The molecule has 0 bridgehead atoms. The molecule has 0 aliphatic carbocycles. The second kappa shape index (κ2) is 6.45. The molecule has 0 spiro atoms. The lowest BCUT2D eigenvalue weighted by Crippen LogP contribution is -2.36. The molecule has 0 radical (unpaired) electrons. The fourth-order valence-electron chi connectivity index (χ4n) is 1.42. The molecule has 0 amide bonds. The van der Waals surface area contributed by atoms with Crippen LogP contribution in [0.2, 0.25) is 0 Å². The van der Waals surface area contributed by atoms with Crippen LogP contribution in [0.5, 0.6) is 0 Å². The average molecular weight is 223 g/mol. The Labute approximate surface area is 96.7 Å². The second-order valence-corrected chi connectivity index (χ2v) is 4.07. The SMILES string of the molecule is CCNCC(C)NCc1ccn(C)c(=O)c1. The van der Waals surface area contributed by atoms with E-state index in [2.05, 4.69) is 24.5 Å².